The topological polar surface area (TPSA) is 17.1 Å². The summed E-state index contributed by atoms with van der Waals surface area (Å²) < 4.78 is 0. The molecule has 0 radical (unpaired) electrons. The Kier molecular flexibility index (Phi) is 13.5. The zero-order valence-electron chi connectivity index (χ0n) is 12.4. The van der Waals surface area contributed by atoms with Crippen molar-refractivity contribution in [2.45, 2.75) is 96.1 Å². The van der Waals surface area contributed by atoms with Gasteiger partial charge in [-0.3, -0.25) is 4.79 Å². The maximum absolute atomic E-state index is 11.3. The van der Waals surface area contributed by atoms with Gasteiger partial charge in [-0.25, -0.2) is 0 Å². The Balaban J connectivity index is 3.05. The summed E-state index contributed by atoms with van der Waals surface area (Å²) in [6.07, 6.45) is 15.4. The molecule has 0 aliphatic rings. The van der Waals surface area contributed by atoms with E-state index < -0.39 is 0 Å². The van der Waals surface area contributed by atoms with Crippen LogP contribution in [0, 0.1) is 0 Å². The average molecular weight is 272 g/mol. The molecular formula is C16H32OS. The lowest BCUT2D eigenvalue weighted by molar-refractivity contribution is -0.118. The molecule has 0 bridgehead atoms. The summed E-state index contributed by atoms with van der Waals surface area (Å²) in [5.74, 6) is 0.300. The second-order valence-electron chi connectivity index (χ2n) is 5.43. The number of Topliss-reactive ketones (excluding diaryl/α,β-unsaturated/α-hetero) is 1. The number of thiol groups is 1. The molecule has 0 N–H and O–H groups in total. The number of unbranched alkanes of at least 4 members (excludes halogenated alkanes) is 10. The normalized spacial score (nSPS) is 12.6. The van der Waals surface area contributed by atoms with Crippen molar-refractivity contribution in [3.05, 3.63) is 0 Å². The maximum atomic E-state index is 11.3. The zero-order chi connectivity index (χ0) is 13.6. The fourth-order valence-corrected chi connectivity index (χ4v) is 2.30. The number of carbonyl (C=O) groups excluding carboxylic acids is 1. The summed E-state index contributed by atoms with van der Waals surface area (Å²) in [6, 6.07) is 0. The van der Waals surface area contributed by atoms with Crippen molar-refractivity contribution < 1.29 is 4.79 Å². The summed E-state index contributed by atoms with van der Waals surface area (Å²) >= 11 is 4.15. The van der Waals surface area contributed by atoms with Gasteiger partial charge in [-0.15, -0.1) is 0 Å². The van der Waals surface area contributed by atoms with Crippen LogP contribution in [0.1, 0.15) is 90.9 Å². The lowest BCUT2D eigenvalue weighted by Gasteiger charge is -2.04. The molecule has 0 saturated carbocycles. The molecule has 0 aliphatic carbocycles. The smallest absolute Gasteiger partial charge is 0.145 e. The zero-order valence-corrected chi connectivity index (χ0v) is 13.3. The van der Waals surface area contributed by atoms with Crippen molar-refractivity contribution in [3.8, 4) is 0 Å². The lowest BCUT2D eigenvalue weighted by Crippen LogP contribution is -2.09. The molecule has 2 heteroatoms. The van der Waals surface area contributed by atoms with Crippen LogP contribution >= 0.6 is 12.6 Å². The summed E-state index contributed by atoms with van der Waals surface area (Å²) in [4.78, 5) is 11.3. The first-order chi connectivity index (χ1) is 8.68. The summed E-state index contributed by atoms with van der Waals surface area (Å²) in [5, 5.41) is -0.0758. The number of hydrogen-bond donors (Lipinski definition) is 1. The van der Waals surface area contributed by atoms with Crippen molar-refractivity contribution >= 4 is 18.4 Å². The van der Waals surface area contributed by atoms with E-state index >= 15 is 0 Å². The Bertz CT molecular complexity index is 190. The SMILES string of the molecule is CCCCCCCCCCCCCC(=O)C(C)S. The number of ketones is 1. The van der Waals surface area contributed by atoms with Gasteiger partial charge in [-0.2, -0.15) is 12.6 Å². The number of hydrogen-bond acceptors (Lipinski definition) is 2. The molecule has 0 rings (SSSR count). The van der Waals surface area contributed by atoms with Crippen molar-refractivity contribution in [2.75, 3.05) is 0 Å². The van der Waals surface area contributed by atoms with Crippen molar-refractivity contribution in [1.29, 1.82) is 0 Å². The highest BCUT2D eigenvalue weighted by atomic mass is 32.1. The van der Waals surface area contributed by atoms with Gasteiger partial charge in [0.1, 0.15) is 5.78 Å². The molecule has 1 atom stereocenters. The predicted octanol–water partition coefficient (Wildman–Crippen LogP) is 5.57. The molecule has 0 aromatic heterocycles. The Labute approximate surface area is 120 Å². The molecule has 0 aromatic rings. The van der Waals surface area contributed by atoms with E-state index in [2.05, 4.69) is 19.6 Å². The minimum Gasteiger partial charge on any atom is -0.298 e. The molecule has 0 spiro atoms. The van der Waals surface area contributed by atoms with Crippen LogP contribution in [0.3, 0.4) is 0 Å². The summed E-state index contributed by atoms with van der Waals surface area (Å²) in [6.45, 7) is 4.13. The van der Waals surface area contributed by atoms with E-state index in [1.807, 2.05) is 6.92 Å². The van der Waals surface area contributed by atoms with Crippen molar-refractivity contribution in [2.24, 2.45) is 0 Å². The summed E-state index contributed by atoms with van der Waals surface area (Å²) in [5.41, 5.74) is 0. The molecule has 0 fully saturated rings. The van der Waals surface area contributed by atoms with Gasteiger partial charge in [0.15, 0.2) is 0 Å². The van der Waals surface area contributed by atoms with Gasteiger partial charge in [-0.05, 0) is 13.3 Å². The van der Waals surface area contributed by atoms with E-state index in [1.165, 1.54) is 64.2 Å². The van der Waals surface area contributed by atoms with Crippen LogP contribution in [0.15, 0.2) is 0 Å². The van der Waals surface area contributed by atoms with Crippen molar-refractivity contribution in [1.82, 2.24) is 0 Å². The lowest BCUT2D eigenvalue weighted by atomic mass is 10.0. The number of carbonyl (C=O) groups is 1. The molecule has 0 aromatic carbocycles. The van der Waals surface area contributed by atoms with E-state index in [-0.39, 0.29) is 5.25 Å². The van der Waals surface area contributed by atoms with Crippen LogP contribution in [0.4, 0.5) is 0 Å². The standard InChI is InChI=1S/C16H32OS/c1-3-4-5-6-7-8-9-10-11-12-13-14-16(17)15(2)18/h15,18H,3-14H2,1-2H3. The van der Waals surface area contributed by atoms with Crippen LogP contribution in [0.25, 0.3) is 0 Å². The van der Waals surface area contributed by atoms with Crippen LogP contribution < -0.4 is 0 Å². The molecule has 1 unspecified atom stereocenters. The Morgan fingerprint density at radius 3 is 1.61 bits per heavy atom. The Morgan fingerprint density at radius 2 is 1.22 bits per heavy atom. The van der Waals surface area contributed by atoms with Gasteiger partial charge in [0.2, 0.25) is 0 Å². The van der Waals surface area contributed by atoms with Crippen LogP contribution in [-0.4, -0.2) is 11.0 Å². The Morgan fingerprint density at radius 1 is 0.833 bits per heavy atom. The molecule has 1 nitrogen and oxygen atoms in total. The maximum Gasteiger partial charge on any atom is 0.145 e. The highest BCUT2D eigenvalue weighted by molar-refractivity contribution is 7.81. The van der Waals surface area contributed by atoms with Crippen LogP contribution in [0.2, 0.25) is 0 Å². The highest BCUT2D eigenvalue weighted by Crippen LogP contribution is 2.12. The van der Waals surface area contributed by atoms with Crippen LogP contribution in [-0.2, 0) is 4.79 Å². The Hall–Kier alpha value is 0.0200. The van der Waals surface area contributed by atoms with E-state index in [0.29, 0.717) is 5.78 Å². The second kappa shape index (κ2) is 13.5. The first-order valence-electron chi connectivity index (χ1n) is 7.89. The number of rotatable bonds is 13. The van der Waals surface area contributed by atoms with E-state index in [0.717, 1.165) is 12.8 Å². The van der Waals surface area contributed by atoms with Gasteiger partial charge in [0.25, 0.3) is 0 Å². The third-order valence-electron chi connectivity index (χ3n) is 3.49. The van der Waals surface area contributed by atoms with Gasteiger partial charge < -0.3 is 0 Å². The van der Waals surface area contributed by atoms with E-state index in [4.69, 9.17) is 0 Å². The molecule has 18 heavy (non-hydrogen) atoms. The fourth-order valence-electron chi connectivity index (χ4n) is 2.17. The monoisotopic (exact) mass is 272 g/mol. The largest absolute Gasteiger partial charge is 0.298 e. The molecule has 108 valence electrons. The van der Waals surface area contributed by atoms with Crippen LogP contribution in [0.5, 0.6) is 0 Å². The molecule has 0 aliphatic heterocycles. The van der Waals surface area contributed by atoms with E-state index in [9.17, 15) is 4.79 Å². The summed E-state index contributed by atoms with van der Waals surface area (Å²) in [7, 11) is 0. The molecule has 0 heterocycles. The van der Waals surface area contributed by atoms with Gasteiger partial charge in [-0.1, -0.05) is 71.1 Å². The third kappa shape index (κ3) is 12.5. The van der Waals surface area contributed by atoms with Gasteiger partial charge >= 0.3 is 0 Å². The molecule has 0 saturated heterocycles. The molecular weight excluding hydrogens is 240 g/mol. The van der Waals surface area contributed by atoms with Gasteiger partial charge in [0.05, 0.1) is 5.25 Å². The second-order valence-corrected chi connectivity index (χ2v) is 6.20. The molecule has 0 amide bonds. The van der Waals surface area contributed by atoms with Crippen molar-refractivity contribution in [3.63, 3.8) is 0 Å². The highest BCUT2D eigenvalue weighted by Gasteiger charge is 2.06. The first kappa shape index (κ1) is 18.0. The minimum absolute atomic E-state index is 0.0758. The minimum atomic E-state index is -0.0758. The average Bonchev–Trinajstić information content (AvgIpc) is 2.35. The quantitative estimate of drug-likeness (QED) is 0.342. The van der Waals surface area contributed by atoms with E-state index in [1.54, 1.807) is 0 Å². The third-order valence-corrected chi connectivity index (χ3v) is 3.78. The fraction of sp³-hybridized carbons (Fsp3) is 0.938. The predicted molar refractivity (Wildman–Crippen MR) is 84.5 cm³/mol. The first-order valence-corrected chi connectivity index (χ1v) is 8.41. The van der Waals surface area contributed by atoms with Gasteiger partial charge in [0, 0.05) is 6.42 Å².